The molecule has 0 bridgehead atoms. The van der Waals surface area contributed by atoms with Gasteiger partial charge in [0, 0.05) is 5.92 Å². The quantitative estimate of drug-likeness (QED) is 0.420. The highest BCUT2D eigenvalue weighted by molar-refractivity contribution is 5.80. The minimum atomic E-state index is 0.140. The molecule has 0 heterocycles. The topological polar surface area (TPSA) is 0 Å². The summed E-state index contributed by atoms with van der Waals surface area (Å²) in [7, 11) is 0. The van der Waals surface area contributed by atoms with Crippen molar-refractivity contribution in [2.75, 3.05) is 0 Å². The zero-order valence-corrected chi connectivity index (χ0v) is 21.1. The molecule has 0 nitrogen and oxygen atoms in total. The van der Waals surface area contributed by atoms with E-state index in [2.05, 4.69) is 116 Å². The van der Waals surface area contributed by atoms with E-state index in [9.17, 15) is 0 Å². The molecule has 0 N–H and O–H groups in total. The maximum Gasteiger partial charge on any atom is 0.0170 e. The summed E-state index contributed by atoms with van der Waals surface area (Å²) < 4.78 is 0. The van der Waals surface area contributed by atoms with Crippen LogP contribution in [0.4, 0.5) is 0 Å². The first-order valence-electron chi connectivity index (χ1n) is 12.3. The first kappa shape index (κ1) is 22.8. The van der Waals surface area contributed by atoms with E-state index in [0.717, 1.165) is 12.8 Å². The van der Waals surface area contributed by atoms with Crippen LogP contribution in [0.25, 0.3) is 11.1 Å². The van der Waals surface area contributed by atoms with Gasteiger partial charge in [0.15, 0.2) is 0 Å². The molecule has 0 spiro atoms. The van der Waals surface area contributed by atoms with Crippen molar-refractivity contribution < 1.29 is 0 Å². The fourth-order valence-electron chi connectivity index (χ4n) is 5.65. The molecule has 2 aliphatic rings. The molecule has 2 unspecified atom stereocenters. The Morgan fingerprint density at radius 3 is 1.84 bits per heavy atom. The average molecular weight is 425 g/mol. The van der Waals surface area contributed by atoms with E-state index >= 15 is 0 Å². The molecule has 2 aromatic carbocycles. The van der Waals surface area contributed by atoms with Gasteiger partial charge in [0.25, 0.3) is 0 Å². The lowest BCUT2D eigenvalue weighted by molar-refractivity contribution is 0.375. The number of allylic oxidation sites excluding steroid dienone is 5. The normalized spacial score (nSPS) is 17.7. The first-order chi connectivity index (χ1) is 15.0. The van der Waals surface area contributed by atoms with Crippen molar-refractivity contribution >= 4 is 0 Å². The molecule has 0 saturated carbocycles. The Kier molecular flexibility index (Phi) is 5.86. The van der Waals surface area contributed by atoms with Gasteiger partial charge in [-0.3, -0.25) is 0 Å². The van der Waals surface area contributed by atoms with Crippen LogP contribution in [-0.4, -0.2) is 0 Å². The number of rotatable bonds is 5. The standard InChI is InChI=1S/C32H40/c1-9-12-21(2)29(22-13-10-11-14-22)30-27-19-23(31(3,4)5)15-17-25(27)26-18-16-24(20-28(26)30)32(6,7)8/h9-11,13,15-21,29-30H,1,12,14H2,2-8H3. The Bertz CT molecular complexity index is 1010. The molecular weight excluding hydrogens is 384 g/mol. The van der Waals surface area contributed by atoms with Gasteiger partial charge in [0.1, 0.15) is 0 Å². The summed E-state index contributed by atoms with van der Waals surface area (Å²) >= 11 is 0. The van der Waals surface area contributed by atoms with E-state index < -0.39 is 0 Å². The van der Waals surface area contributed by atoms with Gasteiger partial charge in [-0.05, 0) is 68.9 Å². The van der Waals surface area contributed by atoms with Gasteiger partial charge in [0.05, 0.1) is 0 Å². The molecule has 168 valence electrons. The fraction of sp³-hybridized carbons (Fsp3) is 0.438. The van der Waals surface area contributed by atoms with Gasteiger partial charge < -0.3 is 0 Å². The van der Waals surface area contributed by atoms with Crippen molar-refractivity contribution in [2.45, 2.75) is 78.1 Å². The zero-order chi connectivity index (χ0) is 23.3. The van der Waals surface area contributed by atoms with Crippen LogP contribution in [0.1, 0.15) is 89.5 Å². The smallest absolute Gasteiger partial charge is 0.0170 e. The highest BCUT2D eigenvalue weighted by Crippen LogP contribution is 2.54. The van der Waals surface area contributed by atoms with Gasteiger partial charge in [-0.2, -0.15) is 0 Å². The summed E-state index contributed by atoms with van der Waals surface area (Å²) in [5.74, 6) is 1.41. The Balaban J connectivity index is 1.96. The Morgan fingerprint density at radius 2 is 1.44 bits per heavy atom. The van der Waals surface area contributed by atoms with Crippen molar-refractivity contribution in [1.82, 2.24) is 0 Å². The third-order valence-corrected chi connectivity index (χ3v) is 7.53. The SMILES string of the molecule is C=CCC(C)C(C1=CC=CC1)C1c2cc(C(C)(C)C)ccc2-c2ccc(C(C)(C)C)cc21. The van der Waals surface area contributed by atoms with Gasteiger partial charge in [-0.1, -0.05) is 115 Å². The maximum absolute atomic E-state index is 4.08. The second kappa shape index (κ2) is 8.22. The van der Waals surface area contributed by atoms with Crippen LogP contribution in [0.3, 0.4) is 0 Å². The molecule has 2 aromatic rings. The second-order valence-corrected chi connectivity index (χ2v) is 12.0. The molecule has 4 rings (SSSR count). The molecule has 0 saturated heterocycles. The summed E-state index contributed by atoms with van der Waals surface area (Å²) in [5, 5.41) is 0. The van der Waals surface area contributed by atoms with E-state index in [4.69, 9.17) is 0 Å². The maximum atomic E-state index is 4.08. The monoisotopic (exact) mass is 424 g/mol. The van der Waals surface area contributed by atoms with Crippen molar-refractivity contribution in [3.05, 3.63) is 95.1 Å². The molecule has 0 aromatic heterocycles. The summed E-state index contributed by atoms with van der Waals surface area (Å²) in [6, 6.07) is 14.5. The van der Waals surface area contributed by atoms with Gasteiger partial charge in [-0.25, -0.2) is 0 Å². The number of benzene rings is 2. The summed E-state index contributed by atoms with van der Waals surface area (Å²) in [4.78, 5) is 0. The van der Waals surface area contributed by atoms with E-state index in [1.54, 1.807) is 5.57 Å². The summed E-state index contributed by atoms with van der Waals surface area (Å²) in [6.45, 7) is 20.4. The molecule has 0 fully saturated rings. The minimum Gasteiger partial charge on any atom is -0.103 e. The lowest BCUT2D eigenvalue weighted by Gasteiger charge is -2.33. The van der Waals surface area contributed by atoms with Crippen LogP contribution < -0.4 is 0 Å². The first-order valence-corrected chi connectivity index (χ1v) is 12.3. The predicted molar refractivity (Wildman–Crippen MR) is 140 cm³/mol. The summed E-state index contributed by atoms with van der Waals surface area (Å²) in [6.07, 6.45) is 11.2. The molecule has 0 heteroatoms. The third kappa shape index (κ3) is 4.05. The molecule has 0 radical (unpaired) electrons. The summed E-state index contributed by atoms with van der Waals surface area (Å²) in [5.41, 5.74) is 10.6. The van der Waals surface area contributed by atoms with Gasteiger partial charge in [0.2, 0.25) is 0 Å². The highest BCUT2D eigenvalue weighted by Gasteiger charge is 2.39. The molecular formula is C32H40. The predicted octanol–water partition coefficient (Wildman–Crippen LogP) is 9.11. The van der Waals surface area contributed by atoms with Crippen LogP contribution in [0, 0.1) is 11.8 Å². The van der Waals surface area contributed by atoms with Crippen LogP contribution in [0.5, 0.6) is 0 Å². The second-order valence-electron chi connectivity index (χ2n) is 12.0. The van der Waals surface area contributed by atoms with Gasteiger partial charge in [-0.15, -0.1) is 6.58 Å². The van der Waals surface area contributed by atoms with Crippen molar-refractivity contribution in [2.24, 2.45) is 11.8 Å². The minimum absolute atomic E-state index is 0.140. The molecule has 0 aliphatic heterocycles. The van der Waals surface area contributed by atoms with E-state index in [1.165, 1.54) is 33.4 Å². The van der Waals surface area contributed by atoms with E-state index in [-0.39, 0.29) is 10.8 Å². The number of fused-ring (bicyclic) bond motifs is 3. The Morgan fingerprint density at radius 1 is 0.906 bits per heavy atom. The average Bonchev–Trinajstić information content (AvgIpc) is 3.34. The van der Waals surface area contributed by atoms with E-state index in [1.807, 2.05) is 0 Å². The van der Waals surface area contributed by atoms with Crippen LogP contribution in [-0.2, 0) is 10.8 Å². The van der Waals surface area contributed by atoms with Crippen LogP contribution >= 0.6 is 0 Å². The van der Waals surface area contributed by atoms with Crippen LogP contribution in [0.2, 0.25) is 0 Å². The fourth-order valence-corrected chi connectivity index (χ4v) is 5.65. The largest absolute Gasteiger partial charge is 0.103 e. The van der Waals surface area contributed by atoms with Crippen molar-refractivity contribution in [3.8, 4) is 11.1 Å². The molecule has 0 amide bonds. The Labute approximate surface area is 196 Å². The molecule has 2 aliphatic carbocycles. The van der Waals surface area contributed by atoms with Crippen LogP contribution in [0.15, 0.2) is 72.9 Å². The zero-order valence-electron chi connectivity index (χ0n) is 21.1. The number of hydrogen-bond donors (Lipinski definition) is 0. The van der Waals surface area contributed by atoms with Crippen molar-refractivity contribution in [3.63, 3.8) is 0 Å². The number of hydrogen-bond acceptors (Lipinski definition) is 0. The lowest BCUT2D eigenvalue weighted by atomic mass is 9.70. The molecule has 2 atom stereocenters. The lowest BCUT2D eigenvalue weighted by Crippen LogP contribution is -2.23. The molecule has 32 heavy (non-hydrogen) atoms. The van der Waals surface area contributed by atoms with E-state index in [0.29, 0.717) is 17.8 Å². The Hall–Kier alpha value is -2.34. The third-order valence-electron chi connectivity index (χ3n) is 7.53. The van der Waals surface area contributed by atoms with Gasteiger partial charge >= 0.3 is 0 Å². The van der Waals surface area contributed by atoms with Crippen molar-refractivity contribution in [1.29, 1.82) is 0 Å². The highest BCUT2D eigenvalue weighted by atomic mass is 14.4.